The Hall–Kier alpha value is -7.07. The van der Waals surface area contributed by atoms with Gasteiger partial charge in [-0.2, -0.15) is 0 Å². The fourth-order valence-corrected chi connectivity index (χ4v) is 8.91. The Bertz CT molecular complexity index is 3320. The maximum atomic E-state index is 6.80. The highest BCUT2D eigenvalue weighted by Crippen LogP contribution is 2.46. The Labute approximate surface area is 370 Å². The van der Waals surface area contributed by atoms with Crippen molar-refractivity contribution in [2.75, 3.05) is 0 Å². The second-order valence-electron chi connectivity index (χ2n) is 20.0. The molecule has 3 heterocycles. The van der Waals surface area contributed by atoms with Gasteiger partial charge in [0.1, 0.15) is 17.3 Å². The van der Waals surface area contributed by atoms with Crippen LogP contribution in [-0.4, -0.2) is 15.6 Å². The van der Waals surface area contributed by atoms with Gasteiger partial charge in [-0.1, -0.05) is 141 Å². The van der Waals surface area contributed by atoms with E-state index >= 15 is 0 Å². The van der Waals surface area contributed by atoms with Crippen molar-refractivity contribution in [2.45, 2.75) is 78.6 Å². The minimum atomic E-state index is -0.0522. The van der Waals surface area contributed by atoms with Gasteiger partial charge >= 0.3 is 11.7 Å². The fraction of sp³-hybridized carbons (Fsp3) is 0.207. The molecule has 63 heavy (non-hydrogen) atoms. The van der Waals surface area contributed by atoms with E-state index in [2.05, 4.69) is 234 Å². The van der Waals surface area contributed by atoms with Crippen LogP contribution in [0.3, 0.4) is 0 Å². The summed E-state index contributed by atoms with van der Waals surface area (Å²) in [5, 5.41) is 4.76. The molecule has 0 fully saturated rings. The normalized spacial score (nSPS) is 13.1. The first-order valence-electron chi connectivity index (χ1n) is 22.0. The molecule has 1 aliphatic rings. The molecule has 0 saturated heterocycles. The predicted molar refractivity (Wildman–Crippen MR) is 265 cm³/mol. The average Bonchev–Trinajstić information content (AvgIpc) is 3.82. The van der Waals surface area contributed by atoms with Gasteiger partial charge in [0.2, 0.25) is 11.4 Å². The molecule has 0 unspecified atom stereocenters. The van der Waals surface area contributed by atoms with Crippen molar-refractivity contribution < 1.29 is 4.74 Å². The summed E-state index contributed by atoms with van der Waals surface area (Å²) in [6, 6.07) is 60.4. The lowest BCUT2D eigenvalue weighted by atomic mass is 9.80. The Kier molecular flexibility index (Phi) is 9.40. The Morgan fingerprint density at radius 3 is 1.87 bits per heavy atom. The van der Waals surface area contributed by atoms with Crippen molar-refractivity contribution in [3.8, 4) is 28.4 Å². The monoisotopic (exact) mass is 822 g/mol. The van der Waals surface area contributed by atoms with E-state index in [1.54, 1.807) is 0 Å². The number of pyridine rings is 1. The van der Waals surface area contributed by atoms with Crippen molar-refractivity contribution in [3.63, 3.8) is 0 Å². The van der Waals surface area contributed by atoms with E-state index in [4.69, 9.17) is 9.72 Å². The second kappa shape index (κ2) is 14.8. The number of hydrogen-bond acceptors (Lipinski definition) is 2. The third-order valence-electron chi connectivity index (χ3n) is 12.5. The molecular formula is C58H54N4O+2. The quantitative estimate of drug-likeness (QED) is 0.157. The van der Waals surface area contributed by atoms with Gasteiger partial charge in [0.05, 0.1) is 22.7 Å². The summed E-state index contributed by atoms with van der Waals surface area (Å²) in [5.74, 6) is 2.37. The highest BCUT2D eigenvalue weighted by atomic mass is 16.5. The summed E-state index contributed by atoms with van der Waals surface area (Å²) < 4.78 is 13.5. The summed E-state index contributed by atoms with van der Waals surface area (Å²) in [6.45, 7) is 20.5. The maximum Gasteiger partial charge on any atom is 0.503 e. The molecule has 0 bridgehead atoms. The Morgan fingerprint density at radius 1 is 0.476 bits per heavy atom. The molecule has 2 aromatic heterocycles. The summed E-state index contributed by atoms with van der Waals surface area (Å²) in [7, 11) is 0. The number of ether oxygens (including phenoxy) is 1. The second-order valence-corrected chi connectivity index (χ2v) is 20.0. The largest absolute Gasteiger partial charge is 0.503 e. The van der Waals surface area contributed by atoms with Gasteiger partial charge in [-0.05, 0) is 101 Å². The smallest absolute Gasteiger partial charge is 0.457 e. The van der Waals surface area contributed by atoms with E-state index in [1.807, 2.05) is 12.3 Å². The third-order valence-corrected chi connectivity index (χ3v) is 12.5. The first kappa shape index (κ1) is 40.0. The molecular weight excluding hydrogens is 769 g/mol. The van der Waals surface area contributed by atoms with Gasteiger partial charge in [-0.25, -0.2) is 4.98 Å². The van der Waals surface area contributed by atoms with Crippen molar-refractivity contribution in [1.29, 1.82) is 0 Å². The first-order chi connectivity index (χ1) is 30.1. The Balaban J connectivity index is 1.12. The van der Waals surface area contributed by atoms with Crippen LogP contribution in [0.15, 0.2) is 164 Å². The first-order valence-corrected chi connectivity index (χ1v) is 22.0. The molecule has 0 aliphatic carbocycles. The topological polar surface area (TPSA) is 33.1 Å². The van der Waals surface area contributed by atoms with Gasteiger partial charge in [-0.15, -0.1) is 0 Å². The van der Waals surface area contributed by atoms with Crippen LogP contribution in [0.1, 0.15) is 79.0 Å². The van der Waals surface area contributed by atoms with Gasteiger partial charge in [0.25, 0.3) is 5.69 Å². The zero-order valence-corrected chi connectivity index (χ0v) is 37.8. The molecule has 9 aromatic rings. The molecule has 1 aliphatic heterocycles. The average molecular weight is 823 g/mol. The molecule has 10 rings (SSSR count). The standard InChI is InChI=1S/C58H54N4O/c1-56(2,3)39-29-30-59-54(34-39)62-51-25-13-12-22-48(51)49-28-27-45(36-53(49)62)63-44-20-15-19-42(35-44)60-37-61(43-32-40(57(4,5)6)31-41(33-43)58(7,8)9)55-50(24-16-26-52(55)60)47-23-14-18-38-17-10-11-21-46(38)47/h10-36H,1-9H3/q+2. The van der Waals surface area contributed by atoms with E-state index in [9.17, 15) is 0 Å². The highest BCUT2D eigenvalue weighted by molar-refractivity contribution is 6.09. The van der Waals surface area contributed by atoms with E-state index in [0.29, 0.717) is 0 Å². The van der Waals surface area contributed by atoms with Crippen LogP contribution in [0.4, 0.5) is 22.7 Å². The maximum absolute atomic E-state index is 6.80. The Morgan fingerprint density at radius 2 is 1.11 bits per heavy atom. The van der Waals surface area contributed by atoms with Crippen LogP contribution in [0, 0.1) is 0 Å². The van der Waals surface area contributed by atoms with Gasteiger partial charge in [-0.3, -0.25) is 4.57 Å². The number of benzene rings is 7. The number of hydrogen-bond donors (Lipinski definition) is 0. The van der Waals surface area contributed by atoms with Gasteiger partial charge in [0.15, 0.2) is 0 Å². The highest BCUT2D eigenvalue weighted by Gasteiger charge is 2.41. The predicted octanol–water partition coefficient (Wildman–Crippen LogP) is 15.5. The molecule has 0 saturated carbocycles. The van der Waals surface area contributed by atoms with Crippen molar-refractivity contribution >= 4 is 61.3 Å². The lowest BCUT2D eigenvalue weighted by molar-refractivity contribution is 0.483. The van der Waals surface area contributed by atoms with Crippen LogP contribution in [-0.2, 0) is 16.2 Å². The number of para-hydroxylation sites is 2. The molecule has 0 atom stereocenters. The third kappa shape index (κ3) is 7.23. The molecule has 0 spiro atoms. The number of aromatic nitrogens is 2. The van der Waals surface area contributed by atoms with Gasteiger partial charge < -0.3 is 4.74 Å². The zero-order chi connectivity index (χ0) is 43.8. The van der Waals surface area contributed by atoms with Crippen LogP contribution in [0.2, 0.25) is 0 Å². The lowest BCUT2D eigenvalue weighted by Gasteiger charge is -2.24. The molecule has 0 N–H and O–H groups in total. The van der Waals surface area contributed by atoms with Crippen molar-refractivity contribution in [1.82, 2.24) is 18.7 Å². The summed E-state index contributed by atoms with van der Waals surface area (Å²) in [4.78, 5) is 4.89. The number of rotatable bonds is 6. The van der Waals surface area contributed by atoms with Crippen molar-refractivity contribution in [2.24, 2.45) is 0 Å². The number of fused-ring (bicyclic) bond motifs is 5. The fourth-order valence-electron chi connectivity index (χ4n) is 8.91. The number of nitrogens with zero attached hydrogens (tertiary/aromatic N) is 4. The van der Waals surface area contributed by atoms with E-state index in [-0.39, 0.29) is 16.2 Å². The molecule has 0 amide bonds. The lowest BCUT2D eigenvalue weighted by Crippen LogP contribution is -2.17. The SMILES string of the molecule is CC(C)(C)c1cc([N+]2=C=[N+](c3cccc(Oc4ccc5c6ccccc6n(-c6cc(C(C)(C)C)ccn6)c5c4)c3)c3cccc(-c4cccc5ccccc45)c32)cc(C(C)(C)C)c1. The summed E-state index contributed by atoms with van der Waals surface area (Å²) in [5.41, 5.74) is 12.4. The minimum Gasteiger partial charge on any atom is -0.457 e. The van der Waals surface area contributed by atoms with E-state index < -0.39 is 0 Å². The van der Waals surface area contributed by atoms with Crippen LogP contribution < -0.4 is 13.9 Å². The van der Waals surface area contributed by atoms with E-state index in [1.165, 1.54) is 38.4 Å². The van der Waals surface area contributed by atoms with E-state index in [0.717, 1.165) is 62.0 Å². The van der Waals surface area contributed by atoms with Gasteiger partial charge in [0, 0.05) is 47.3 Å². The van der Waals surface area contributed by atoms with Crippen LogP contribution >= 0.6 is 0 Å². The molecule has 310 valence electrons. The zero-order valence-electron chi connectivity index (χ0n) is 37.8. The summed E-state index contributed by atoms with van der Waals surface area (Å²) in [6.07, 6.45) is 1.92. The van der Waals surface area contributed by atoms with Crippen LogP contribution in [0.5, 0.6) is 11.5 Å². The summed E-state index contributed by atoms with van der Waals surface area (Å²) >= 11 is 0. The molecule has 7 aromatic carbocycles. The molecule has 5 nitrogen and oxygen atoms in total. The van der Waals surface area contributed by atoms with Crippen LogP contribution in [0.25, 0.3) is 49.5 Å². The minimum absolute atomic E-state index is 0.0131. The van der Waals surface area contributed by atoms with Crippen molar-refractivity contribution in [3.05, 3.63) is 181 Å². The molecule has 5 heteroatoms. The molecule has 0 radical (unpaired) electrons.